The first kappa shape index (κ1) is 18.6. The Balaban J connectivity index is 2.92. The summed E-state index contributed by atoms with van der Waals surface area (Å²) in [6.45, 7) is 0. The first-order chi connectivity index (χ1) is 11.7. The smallest absolute Gasteiger partial charge is 0.397 e. The Morgan fingerprint density at radius 3 is 2.36 bits per heavy atom. The van der Waals surface area contributed by atoms with Crippen molar-refractivity contribution >= 4 is 22.5 Å². The van der Waals surface area contributed by atoms with Crippen molar-refractivity contribution in [2.45, 2.75) is 11.1 Å². The SMILES string of the molecule is N/N=C(\NN)c1c(-c2ccc(N)cn2)ccc(C(F)(F)F)c1S(N)=O. The molecule has 0 aliphatic carbocycles. The second kappa shape index (κ2) is 7.04. The highest BCUT2D eigenvalue weighted by molar-refractivity contribution is 7.82. The second-order valence-corrected chi connectivity index (χ2v) is 5.76. The number of hydrogen-bond acceptors (Lipinski definition) is 6. The van der Waals surface area contributed by atoms with Crippen molar-refractivity contribution in [1.82, 2.24) is 10.4 Å². The van der Waals surface area contributed by atoms with E-state index in [1.807, 2.05) is 0 Å². The number of amidine groups is 1. The lowest BCUT2D eigenvalue weighted by molar-refractivity contribution is -0.139. The van der Waals surface area contributed by atoms with E-state index in [1.165, 1.54) is 18.3 Å². The van der Waals surface area contributed by atoms with Crippen molar-refractivity contribution < 1.29 is 17.4 Å². The van der Waals surface area contributed by atoms with Crippen LogP contribution in [0.4, 0.5) is 18.9 Å². The normalized spacial score (nSPS) is 13.6. The molecule has 8 nitrogen and oxygen atoms in total. The molecule has 1 atom stereocenters. The van der Waals surface area contributed by atoms with E-state index in [2.05, 4.69) is 15.5 Å². The molecule has 0 aliphatic heterocycles. The number of benzene rings is 1. The van der Waals surface area contributed by atoms with E-state index in [0.29, 0.717) is 5.69 Å². The van der Waals surface area contributed by atoms with E-state index >= 15 is 0 Å². The summed E-state index contributed by atoms with van der Waals surface area (Å²) in [7, 11) is -2.52. The van der Waals surface area contributed by atoms with Gasteiger partial charge in [0, 0.05) is 11.1 Å². The average molecular weight is 373 g/mol. The van der Waals surface area contributed by atoms with Crippen LogP contribution in [0.2, 0.25) is 0 Å². The van der Waals surface area contributed by atoms with E-state index < -0.39 is 27.6 Å². The number of nitrogens with zero attached hydrogens (tertiary/aromatic N) is 2. The summed E-state index contributed by atoms with van der Waals surface area (Å²) in [6.07, 6.45) is -3.49. The van der Waals surface area contributed by atoms with E-state index in [4.69, 9.17) is 22.6 Å². The highest BCUT2D eigenvalue weighted by Crippen LogP contribution is 2.38. The third-order valence-electron chi connectivity index (χ3n) is 3.23. The van der Waals surface area contributed by atoms with Gasteiger partial charge in [0.05, 0.1) is 28.0 Å². The van der Waals surface area contributed by atoms with E-state index in [0.717, 1.165) is 12.1 Å². The zero-order chi connectivity index (χ0) is 18.8. The minimum absolute atomic E-state index is 0.143. The van der Waals surface area contributed by atoms with Crippen LogP contribution in [0, 0.1) is 0 Å². The van der Waals surface area contributed by atoms with E-state index in [1.54, 1.807) is 0 Å². The van der Waals surface area contributed by atoms with Crippen LogP contribution in [0.5, 0.6) is 0 Å². The van der Waals surface area contributed by atoms with Gasteiger partial charge in [0.2, 0.25) is 0 Å². The van der Waals surface area contributed by atoms with Crippen LogP contribution in [0.1, 0.15) is 11.1 Å². The number of hydrazone groups is 1. The first-order valence-electron chi connectivity index (χ1n) is 6.57. The quantitative estimate of drug-likeness (QED) is 0.227. The predicted octanol–water partition coefficient (Wildman–Crippen LogP) is 0.415. The molecule has 2 rings (SSSR count). The monoisotopic (exact) mass is 373 g/mol. The number of aromatic nitrogens is 1. The van der Waals surface area contributed by atoms with Gasteiger partial charge in [-0.15, -0.1) is 0 Å². The fraction of sp³-hybridized carbons (Fsp3) is 0.0769. The number of hydrogen-bond donors (Lipinski definition) is 5. The van der Waals surface area contributed by atoms with Crippen LogP contribution < -0.4 is 28.0 Å². The maximum absolute atomic E-state index is 13.3. The topological polar surface area (TPSA) is 158 Å². The molecule has 1 unspecified atom stereocenters. The number of nitrogen functional groups attached to an aromatic ring is 1. The minimum atomic E-state index is -4.81. The molecule has 0 fully saturated rings. The average Bonchev–Trinajstić information content (AvgIpc) is 2.55. The van der Waals surface area contributed by atoms with Gasteiger partial charge in [-0.2, -0.15) is 18.3 Å². The maximum Gasteiger partial charge on any atom is 0.417 e. The highest BCUT2D eigenvalue weighted by Gasteiger charge is 2.37. The van der Waals surface area contributed by atoms with Crippen molar-refractivity contribution in [3.05, 3.63) is 41.6 Å². The third kappa shape index (κ3) is 3.70. The number of rotatable bonds is 3. The summed E-state index contributed by atoms with van der Waals surface area (Å²) >= 11 is 0. The van der Waals surface area contributed by atoms with Gasteiger partial charge in [-0.25, -0.2) is 15.2 Å². The number of halogens is 3. The number of nitrogens with one attached hydrogen (secondary N) is 1. The van der Waals surface area contributed by atoms with Gasteiger partial charge in [0.1, 0.15) is 11.0 Å². The summed E-state index contributed by atoms with van der Waals surface area (Å²) in [5.74, 6) is 10.2. The molecule has 1 aromatic carbocycles. The Hall–Kier alpha value is -2.70. The third-order valence-corrected chi connectivity index (χ3v) is 4.06. The molecule has 0 radical (unpaired) electrons. The first-order valence-corrected chi connectivity index (χ1v) is 7.79. The predicted molar refractivity (Wildman–Crippen MR) is 87.7 cm³/mol. The lowest BCUT2D eigenvalue weighted by Gasteiger charge is -2.19. The van der Waals surface area contributed by atoms with E-state index in [9.17, 15) is 17.4 Å². The van der Waals surface area contributed by atoms with Crippen LogP contribution in [0.15, 0.2) is 40.5 Å². The molecule has 1 aromatic heterocycles. The van der Waals surface area contributed by atoms with Gasteiger partial charge in [0.15, 0.2) is 5.84 Å². The summed E-state index contributed by atoms with van der Waals surface area (Å²) in [5.41, 5.74) is 6.91. The van der Waals surface area contributed by atoms with Crippen LogP contribution in [0.3, 0.4) is 0 Å². The second-order valence-electron chi connectivity index (χ2n) is 4.76. The van der Waals surface area contributed by atoms with Crippen molar-refractivity contribution in [2.75, 3.05) is 5.73 Å². The summed E-state index contributed by atoms with van der Waals surface area (Å²) in [6, 6.07) is 4.85. The van der Waals surface area contributed by atoms with Crippen molar-refractivity contribution in [3.8, 4) is 11.3 Å². The number of alkyl halides is 3. The van der Waals surface area contributed by atoms with Gasteiger partial charge in [-0.3, -0.25) is 4.98 Å². The summed E-state index contributed by atoms with van der Waals surface area (Å²) < 4.78 is 51.8. The zero-order valence-corrected chi connectivity index (χ0v) is 13.4. The van der Waals surface area contributed by atoms with Crippen LogP contribution >= 0.6 is 0 Å². The van der Waals surface area contributed by atoms with Crippen molar-refractivity contribution in [3.63, 3.8) is 0 Å². The lowest BCUT2D eigenvalue weighted by Crippen LogP contribution is -2.34. The van der Waals surface area contributed by atoms with Gasteiger partial charge in [0.25, 0.3) is 0 Å². The van der Waals surface area contributed by atoms with Crippen LogP contribution in [-0.2, 0) is 17.2 Å². The Morgan fingerprint density at radius 1 is 1.24 bits per heavy atom. The molecule has 9 N–H and O–H groups in total. The molecule has 134 valence electrons. The molecule has 12 heteroatoms. The molecular weight excluding hydrogens is 359 g/mol. The van der Waals surface area contributed by atoms with Gasteiger partial charge in [-0.05, 0) is 18.2 Å². The number of anilines is 1. The van der Waals surface area contributed by atoms with Gasteiger partial charge < -0.3 is 17.0 Å². The highest BCUT2D eigenvalue weighted by atomic mass is 32.2. The summed E-state index contributed by atoms with van der Waals surface area (Å²) in [4.78, 5) is 3.33. The fourth-order valence-corrected chi connectivity index (χ4v) is 3.01. The molecule has 0 bridgehead atoms. The molecule has 0 amide bonds. The number of hydrazine groups is 1. The zero-order valence-electron chi connectivity index (χ0n) is 12.5. The molecule has 0 aliphatic rings. The fourth-order valence-electron chi connectivity index (χ4n) is 2.20. The Morgan fingerprint density at radius 2 is 1.92 bits per heavy atom. The minimum Gasteiger partial charge on any atom is -0.397 e. The van der Waals surface area contributed by atoms with E-state index in [-0.39, 0.29) is 22.7 Å². The van der Waals surface area contributed by atoms with Gasteiger partial charge in [-0.1, -0.05) is 6.07 Å². The molecule has 2 aromatic rings. The van der Waals surface area contributed by atoms with Crippen molar-refractivity contribution in [1.29, 1.82) is 0 Å². The Bertz CT molecular complexity index is 837. The maximum atomic E-state index is 13.3. The van der Waals surface area contributed by atoms with Crippen molar-refractivity contribution in [2.24, 2.45) is 21.9 Å². The molecular formula is C13H14F3N7OS. The lowest BCUT2D eigenvalue weighted by atomic mass is 9.99. The molecule has 25 heavy (non-hydrogen) atoms. The Labute approximate surface area is 142 Å². The van der Waals surface area contributed by atoms with Crippen LogP contribution in [-0.4, -0.2) is 15.0 Å². The standard InChI is InChI=1S/C13H14F3N7OS/c14-13(15,16)8-3-2-7(9-4-1-6(17)5-21-9)10(11(8)25(20)24)12(22-18)23-19/h1-5H,17-20H2,(H,22,23). The molecule has 0 saturated carbocycles. The summed E-state index contributed by atoms with van der Waals surface area (Å²) in [5, 5.41) is 8.62. The molecule has 1 heterocycles. The molecule has 0 spiro atoms. The van der Waals surface area contributed by atoms with Crippen LogP contribution in [0.25, 0.3) is 11.3 Å². The van der Waals surface area contributed by atoms with Gasteiger partial charge >= 0.3 is 6.18 Å². The number of pyridine rings is 1. The molecule has 0 saturated heterocycles. The number of nitrogens with two attached hydrogens (primary N) is 4. The Kier molecular flexibility index (Phi) is 5.25. The largest absolute Gasteiger partial charge is 0.417 e.